The fraction of sp³-hybridized carbons (Fsp3) is 0.818. The van der Waals surface area contributed by atoms with Crippen LogP contribution < -0.4 is 0 Å². The normalized spacial score (nSPS) is 29.8. The van der Waals surface area contributed by atoms with E-state index in [4.69, 9.17) is 9.84 Å². The van der Waals surface area contributed by atoms with Gasteiger partial charge in [0.05, 0.1) is 12.0 Å². The van der Waals surface area contributed by atoms with Gasteiger partial charge in [-0.2, -0.15) is 0 Å². The fourth-order valence-corrected chi connectivity index (χ4v) is 1.77. The lowest BCUT2D eigenvalue weighted by molar-refractivity contribution is -0.148. The van der Waals surface area contributed by atoms with Crippen LogP contribution in [0, 0.1) is 11.8 Å². The van der Waals surface area contributed by atoms with Gasteiger partial charge in [0.15, 0.2) is 5.78 Å². The quantitative estimate of drug-likeness (QED) is 0.769. The first-order chi connectivity index (χ1) is 6.93. The van der Waals surface area contributed by atoms with Crippen LogP contribution in [-0.2, 0) is 14.3 Å². The Hall–Kier alpha value is -0.900. The van der Waals surface area contributed by atoms with Gasteiger partial charge in [0, 0.05) is 5.92 Å². The number of carbonyl (C=O) groups is 2. The third-order valence-electron chi connectivity index (χ3n) is 3.14. The molecule has 1 aliphatic heterocycles. The van der Waals surface area contributed by atoms with Gasteiger partial charge in [0.2, 0.25) is 0 Å². The number of carboxylic acids is 1. The summed E-state index contributed by atoms with van der Waals surface area (Å²) in [4.78, 5) is 22.6. The van der Waals surface area contributed by atoms with Gasteiger partial charge in [-0.15, -0.1) is 0 Å². The molecule has 0 aromatic heterocycles. The average molecular weight is 214 g/mol. The Morgan fingerprint density at radius 3 is 2.27 bits per heavy atom. The van der Waals surface area contributed by atoms with E-state index in [2.05, 4.69) is 0 Å². The van der Waals surface area contributed by atoms with Crippen molar-refractivity contribution in [3.8, 4) is 0 Å². The third kappa shape index (κ3) is 2.78. The van der Waals surface area contributed by atoms with Crippen molar-refractivity contribution < 1.29 is 19.4 Å². The van der Waals surface area contributed by atoms with Crippen LogP contribution in [0.2, 0.25) is 0 Å². The van der Waals surface area contributed by atoms with Gasteiger partial charge >= 0.3 is 5.97 Å². The van der Waals surface area contributed by atoms with E-state index in [1.165, 1.54) is 0 Å². The predicted octanol–water partition coefficient (Wildman–Crippen LogP) is 1.48. The molecule has 1 fully saturated rings. The summed E-state index contributed by atoms with van der Waals surface area (Å²) < 4.78 is 5.43. The largest absolute Gasteiger partial charge is 0.481 e. The van der Waals surface area contributed by atoms with E-state index < -0.39 is 23.9 Å². The van der Waals surface area contributed by atoms with Crippen molar-refractivity contribution >= 4 is 11.8 Å². The average Bonchev–Trinajstić information content (AvgIpc) is 2.61. The van der Waals surface area contributed by atoms with Crippen LogP contribution in [0.1, 0.15) is 33.6 Å². The Kier molecular flexibility index (Phi) is 3.85. The number of carbonyl (C=O) groups excluding carboxylic acids is 1. The zero-order valence-corrected chi connectivity index (χ0v) is 9.40. The molecule has 0 saturated carbocycles. The lowest BCUT2D eigenvalue weighted by atomic mass is 9.89. The van der Waals surface area contributed by atoms with Crippen molar-refractivity contribution in [2.75, 3.05) is 0 Å². The summed E-state index contributed by atoms with van der Waals surface area (Å²) in [7, 11) is 0. The molecule has 1 rings (SSSR count). The first kappa shape index (κ1) is 12.2. The van der Waals surface area contributed by atoms with Crippen molar-refractivity contribution in [3.63, 3.8) is 0 Å². The molecule has 0 bridgehead atoms. The Morgan fingerprint density at radius 1 is 1.27 bits per heavy atom. The number of ketones is 1. The standard InChI is InChI=1S/C11H18O4/c1-6-4-5-9(15-6)10(12)7(2)8(3)11(13)14/h6-9H,4-5H2,1-3H3,(H,13,14). The van der Waals surface area contributed by atoms with Crippen LogP contribution in [0.3, 0.4) is 0 Å². The van der Waals surface area contributed by atoms with E-state index in [0.29, 0.717) is 0 Å². The highest BCUT2D eigenvalue weighted by Crippen LogP contribution is 2.24. The highest BCUT2D eigenvalue weighted by Gasteiger charge is 2.35. The molecule has 1 aliphatic rings. The van der Waals surface area contributed by atoms with Gasteiger partial charge in [-0.3, -0.25) is 9.59 Å². The van der Waals surface area contributed by atoms with Gasteiger partial charge in [-0.1, -0.05) is 13.8 Å². The highest BCUT2D eigenvalue weighted by atomic mass is 16.5. The van der Waals surface area contributed by atoms with Crippen LogP contribution in [0.15, 0.2) is 0 Å². The second kappa shape index (κ2) is 4.75. The first-order valence-electron chi connectivity index (χ1n) is 5.35. The third-order valence-corrected chi connectivity index (χ3v) is 3.14. The molecule has 0 radical (unpaired) electrons. The summed E-state index contributed by atoms with van der Waals surface area (Å²) in [5.41, 5.74) is 0. The molecule has 0 spiro atoms. The molecule has 4 atom stereocenters. The van der Waals surface area contributed by atoms with Crippen molar-refractivity contribution in [2.24, 2.45) is 11.8 Å². The van der Waals surface area contributed by atoms with E-state index in [-0.39, 0.29) is 11.9 Å². The fourth-order valence-electron chi connectivity index (χ4n) is 1.77. The van der Waals surface area contributed by atoms with Crippen LogP contribution >= 0.6 is 0 Å². The maximum Gasteiger partial charge on any atom is 0.306 e. The molecule has 0 amide bonds. The van der Waals surface area contributed by atoms with Crippen molar-refractivity contribution in [1.82, 2.24) is 0 Å². The summed E-state index contributed by atoms with van der Waals surface area (Å²) in [6.07, 6.45) is 1.32. The van der Waals surface area contributed by atoms with Gasteiger partial charge in [-0.25, -0.2) is 0 Å². The number of carboxylic acid groups (broad SMARTS) is 1. The topological polar surface area (TPSA) is 63.6 Å². The molecule has 1 saturated heterocycles. The minimum atomic E-state index is -0.929. The summed E-state index contributed by atoms with van der Waals surface area (Å²) >= 11 is 0. The van der Waals surface area contributed by atoms with E-state index in [1.807, 2.05) is 6.92 Å². The zero-order valence-electron chi connectivity index (χ0n) is 9.40. The number of hydrogen-bond donors (Lipinski definition) is 1. The molecule has 0 aliphatic carbocycles. The Morgan fingerprint density at radius 2 is 1.87 bits per heavy atom. The predicted molar refractivity (Wildman–Crippen MR) is 54.5 cm³/mol. The summed E-state index contributed by atoms with van der Waals surface area (Å²) in [5.74, 6) is -2.12. The van der Waals surface area contributed by atoms with Crippen LogP contribution in [0.4, 0.5) is 0 Å². The van der Waals surface area contributed by atoms with Crippen molar-refractivity contribution in [2.45, 2.75) is 45.8 Å². The molecule has 0 aromatic rings. The van der Waals surface area contributed by atoms with Gasteiger partial charge < -0.3 is 9.84 Å². The highest BCUT2D eigenvalue weighted by molar-refractivity contribution is 5.89. The molecule has 0 aromatic carbocycles. The second-order valence-corrected chi connectivity index (χ2v) is 4.33. The number of aliphatic carboxylic acids is 1. The number of hydrogen-bond acceptors (Lipinski definition) is 3. The molecule has 1 heterocycles. The summed E-state index contributed by atoms with van der Waals surface area (Å²) in [6, 6.07) is 0. The molecule has 86 valence electrons. The van der Waals surface area contributed by atoms with E-state index >= 15 is 0 Å². The maximum atomic E-state index is 11.8. The Labute approximate surface area is 89.6 Å². The minimum Gasteiger partial charge on any atom is -0.481 e. The number of ether oxygens (including phenoxy) is 1. The van der Waals surface area contributed by atoms with Crippen LogP contribution in [-0.4, -0.2) is 29.1 Å². The molecule has 1 N–H and O–H groups in total. The Bertz CT molecular complexity index is 261. The smallest absolute Gasteiger partial charge is 0.306 e. The van der Waals surface area contributed by atoms with Gasteiger partial charge in [-0.05, 0) is 19.8 Å². The molecule has 15 heavy (non-hydrogen) atoms. The second-order valence-electron chi connectivity index (χ2n) is 4.33. The molecular formula is C11H18O4. The minimum absolute atomic E-state index is 0.0748. The van der Waals surface area contributed by atoms with Crippen LogP contribution in [0.5, 0.6) is 0 Å². The first-order valence-corrected chi connectivity index (χ1v) is 5.35. The summed E-state index contributed by atoms with van der Waals surface area (Å²) in [5, 5.41) is 8.80. The van der Waals surface area contributed by atoms with E-state index in [1.54, 1.807) is 13.8 Å². The number of Topliss-reactive ketones (excluding diaryl/α,β-unsaturated/α-hetero) is 1. The monoisotopic (exact) mass is 214 g/mol. The number of rotatable bonds is 4. The molecule has 4 heteroatoms. The van der Waals surface area contributed by atoms with E-state index in [9.17, 15) is 9.59 Å². The van der Waals surface area contributed by atoms with Crippen molar-refractivity contribution in [1.29, 1.82) is 0 Å². The van der Waals surface area contributed by atoms with Gasteiger partial charge in [0.1, 0.15) is 6.10 Å². The molecular weight excluding hydrogens is 196 g/mol. The molecule has 4 unspecified atom stereocenters. The zero-order chi connectivity index (χ0) is 11.6. The lowest BCUT2D eigenvalue weighted by Crippen LogP contribution is -2.33. The SMILES string of the molecule is CC1CCC(C(=O)C(C)C(C)C(=O)O)O1. The van der Waals surface area contributed by atoms with Crippen LogP contribution in [0.25, 0.3) is 0 Å². The molecule has 4 nitrogen and oxygen atoms in total. The van der Waals surface area contributed by atoms with E-state index in [0.717, 1.165) is 12.8 Å². The van der Waals surface area contributed by atoms with Crippen molar-refractivity contribution in [3.05, 3.63) is 0 Å². The summed E-state index contributed by atoms with van der Waals surface area (Å²) in [6.45, 7) is 5.15. The Balaban J connectivity index is 2.56. The lowest BCUT2D eigenvalue weighted by Gasteiger charge is -2.18. The maximum absolute atomic E-state index is 11.8. The van der Waals surface area contributed by atoms with Gasteiger partial charge in [0.25, 0.3) is 0 Å².